The summed E-state index contributed by atoms with van der Waals surface area (Å²) in [4.78, 5) is 19.3. The molecule has 2 aromatic rings. The van der Waals surface area contributed by atoms with Crippen molar-refractivity contribution in [3.05, 3.63) is 60.2 Å². The lowest BCUT2D eigenvalue weighted by Crippen LogP contribution is -2.10. The van der Waals surface area contributed by atoms with Gasteiger partial charge in [-0.05, 0) is 18.2 Å². The van der Waals surface area contributed by atoms with Crippen LogP contribution in [0.5, 0.6) is 0 Å². The van der Waals surface area contributed by atoms with Crippen LogP contribution in [0.15, 0.2) is 49.1 Å². The first kappa shape index (κ1) is 15.1. The average molecular weight is 288 g/mol. The minimum atomic E-state index is -1.02. The molecular weight excluding hydrogens is 272 g/mol. The number of aliphatic hydroxyl groups excluding tert-OH is 1. The van der Waals surface area contributed by atoms with Gasteiger partial charge in [-0.1, -0.05) is 6.07 Å². The van der Waals surface area contributed by atoms with Crippen LogP contribution in [0.4, 0.5) is 0 Å². The van der Waals surface area contributed by atoms with Gasteiger partial charge in [-0.2, -0.15) is 0 Å². The molecule has 2 aromatic heterocycles. The molecule has 0 saturated heterocycles. The number of esters is 1. The summed E-state index contributed by atoms with van der Waals surface area (Å²) in [5.41, 5.74) is 0.999. The molecule has 6 nitrogen and oxygen atoms in total. The highest BCUT2D eigenvalue weighted by Crippen LogP contribution is 2.12. The third-order valence-corrected chi connectivity index (χ3v) is 2.66. The number of hydrogen-bond donors (Lipinski definition) is 1. The smallest absolute Gasteiger partial charge is 0.339 e. The van der Waals surface area contributed by atoms with E-state index in [4.69, 9.17) is 9.47 Å². The van der Waals surface area contributed by atoms with Crippen molar-refractivity contribution < 1.29 is 19.4 Å². The van der Waals surface area contributed by atoms with E-state index in [1.807, 2.05) is 0 Å². The number of aromatic nitrogens is 2. The van der Waals surface area contributed by atoms with Gasteiger partial charge in [0.2, 0.25) is 0 Å². The molecule has 0 fully saturated rings. The fourth-order valence-corrected chi connectivity index (χ4v) is 1.60. The van der Waals surface area contributed by atoms with E-state index in [-0.39, 0.29) is 13.2 Å². The zero-order chi connectivity index (χ0) is 14.9. The van der Waals surface area contributed by atoms with Gasteiger partial charge in [-0.3, -0.25) is 9.97 Å². The van der Waals surface area contributed by atoms with Crippen LogP contribution in [0.2, 0.25) is 0 Å². The Hall–Kier alpha value is -2.31. The van der Waals surface area contributed by atoms with E-state index in [2.05, 4.69) is 9.97 Å². The maximum Gasteiger partial charge on any atom is 0.339 e. The van der Waals surface area contributed by atoms with Crippen LogP contribution < -0.4 is 0 Å². The van der Waals surface area contributed by atoms with Gasteiger partial charge in [0, 0.05) is 36.8 Å². The molecular formula is C15H16N2O4. The van der Waals surface area contributed by atoms with Gasteiger partial charge in [0.25, 0.3) is 0 Å². The average Bonchev–Trinajstić information content (AvgIpc) is 2.55. The summed E-state index contributed by atoms with van der Waals surface area (Å²) >= 11 is 0. The molecule has 0 radical (unpaired) electrons. The van der Waals surface area contributed by atoms with Crippen LogP contribution in [0.3, 0.4) is 0 Å². The lowest BCUT2D eigenvalue weighted by molar-refractivity contribution is -0.105. The van der Waals surface area contributed by atoms with Gasteiger partial charge in [-0.25, -0.2) is 4.79 Å². The Bertz CT molecular complexity index is 548. The summed E-state index contributed by atoms with van der Waals surface area (Å²) in [7, 11) is 0. The summed E-state index contributed by atoms with van der Waals surface area (Å²) in [6.45, 7) is 0.490. The highest BCUT2D eigenvalue weighted by Gasteiger charge is 2.08. The highest BCUT2D eigenvalue weighted by atomic mass is 16.6. The quantitative estimate of drug-likeness (QED) is 0.475. The van der Waals surface area contributed by atoms with Gasteiger partial charge in [0.1, 0.15) is 0 Å². The summed E-state index contributed by atoms with van der Waals surface area (Å²) in [6.07, 6.45) is 5.66. The van der Waals surface area contributed by atoms with E-state index in [9.17, 15) is 9.90 Å². The molecule has 0 aliphatic rings. The van der Waals surface area contributed by atoms with Crippen molar-refractivity contribution in [2.45, 2.75) is 12.7 Å². The molecule has 2 heterocycles. The van der Waals surface area contributed by atoms with Crippen molar-refractivity contribution >= 4 is 5.97 Å². The Morgan fingerprint density at radius 2 is 1.90 bits per heavy atom. The number of carbonyl (C=O) groups is 1. The number of hydrogen-bond acceptors (Lipinski definition) is 6. The largest absolute Gasteiger partial charge is 0.462 e. The van der Waals surface area contributed by atoms with Crippen molar-refractivity contribution in [2.24, 2.45) is 0 Å². The first-order valence-electron chi connectivity index (χ1n) is 6.54. The third-order valence-electron chi connectivity index (χ3n) is 2.66. The summed E-state index contributed by atoms with van der Waals surface area (Å²) in [5, 5.41) is 9.73. The molecule has 0 amide bonds. The van der Waals surface area contributed by atoms with Gasteiger partial charge >= 0.3 is 5.97 Å². The third kappa shape index (κ3) is 4.94. The molecule has 0 aliphatic carbocycles. The van der Waals surface area contributed by atoms with Crippen molar-refractivity contribution in [3.63, 3.8) is 0 Å². The highest BCUT2D eigenvalue weighted by molar-refractivity contribution is 5.88. The van der Waals surface area contributed by atoms with Crippen LogP contribution >= 0.6 is 0 Å². The standard InChI is InChI=1S/C15H16N2O4/c18-14(12-4-1-6-16-10-12)20-8-3-9-21-15(19)13-5-2-7-17-11-13/h1-2,4-7,10-11,14,18H,3,8-9H2. The van der Waals surface area contributed by atoms with E-state index in [1.165, 1.54) is 12.4 Å². The fourth-order valence-electron chi connectivity index (χ4n) is 1.60. The maximum atomic E-state index is 11.6. The molecule has 0 bridgehead atoms. The minimum absolute atomic E-state index is 0.216. The molecule has 21 heavy (non-hydrogen) atoms. The second-order valence-corrected chi connectivity index (χ2v) is 4.24. The lowest BCUT2D eigenvalue weighted by Gasteiger charge is -2.11. The van der Waals surface area contributed by atoms with E-state index in [1.54, 1.807) is 36.7 Å². The topological polar surface area (TPSA) is 81.5 Å². The van der Waals surface area contributed by atoms with Crippen LogP contribution in [0.1, 0.15) is 28.6 Å². The Morgan fingerprint density at radius 1 is 1.14 bits per heavy atom. The number of aliphatic hydroxyl groups is 1. The Balaban J connectivity index is 1.63. The number of nitrogens with zero attached hydrogens (tertiary/aromatic N) is 2. The summed E-state index contributed by atoms with van der Waals surface area (Å²) in [5.74, 6) is -0.420. The van der Waals surface area contributed by atoms with E-state index in [0.717, 1.165) is 0 Å². The van der Waals surface area contributed by atoms with Gasteiger partial charge in [-0.15, -0.1) is 0 Å². The van der Waals surface area contributed by atoms with Crippen molar-refractivity contribution in [3.8, 4) is 0 Å². The Labute approximate surface area is 122 Å². The SMILES string of the molecule is O=C(OCCCOC(O)c1cccnc1)c1cccnc1. The second kappa shape index (κ2) is 8.08. The Morgan fingerprint density at radius 3 is 2.57 bits per heavy atom. The number of ether oxygens (including phenoxy) is 2. The van der Waals surface area contributed by atoms with Crippen LogP contribution in [-0.2, 0) is 9.47 Å². The maximum absolute atomic E-state index is 11.6. The number of rotatable bonds is 7. The zero-order valence-electron chi connectivity index (χ0n) is 11.4. The zero-order valence-corrected chi connectivity index (χ0v) is 11.4. The Kier molecular flexibility index (Phi) is 5.81. The first-order valence-corrected chi connectivity index (χ1v) is 6.54. The molecule has 1 unspecified atom stereocenters. The van der Waals surface area contributed by atoms with E-state index in [0.29, 0.717) is 17.5 Å². The predicted molar refractivity (Wildman–Crippen MR) is 74.3 cm³/mol. The van der Waals surface area contributed by atoms with Crippen LogP contribution in [-0.4, -0.2) is 34.3 Å². The number of carbonyl (C=O) groups excluding carboxylic acids is 1. The molecule has 1 N–H and O–H groups in total. The van der Waals surface area contributed by atoms with Crippen molar-refractivity contribution in [2.75, 3.05) is 13.2 Å². The molecule has 1 atom stereocenters. The first-order chi connectivity index (χ1) is 10.3. The molecule has 110 valence electrons. The summed E-state index contributed by atoms with van der Waals surface area (Å²) < 4.78 is 10.3. The van der Waals surface area contributed by atoms with Gasteiger partial charge < -0.3 is 14.6 Å². The normalized spacial score (nSPS) is 11.9. The molecule has 0 aliphatic heterocycles. The molecule has 0 aromatic carbocycles. The van der Waals surface area contributed by atoms with Crippen LogP contribution in [0.25, 0.3) is 0 Å². The lowest BCUT2D eigenvalue weighted by atomic mass is 10.3. The molecule has 6 heteroatoms. The molecule has 0 spiro atoms. The summed E-state index contributed by atoms with van der Waals surface area (Å²) in [6, 6.07) is 6.75. The number of pyridine rings is 2. The minimum Gasteiger partial charge on any atom is -0.462 e. The van der Waals surface area contributed by atoms with Crippen LogP contribution in [0, 0.1) is 0 Å². The molecule has 0 saturated carbocycles. The van der Waals surface area contributed by atoms with Crippen molar-refractivity contribution in [1.82, 2.24) is 9.97 Å². The van der Waals surface area contributed by atoms with Gasteiger partial charge in [0.05, 0.1) is 18.8 Å². The van der Waals surface area contributed by atoms with E-state index < -0.39 is 12.3 Å². The monoisotopic (exact) mass is 288 g/mol. The predicted octanol–water partition coefficient (Wildman–Crippen LogP) is 1.73. The van der Waals surface area contributed by atoms with Gasteiger partial charge in [0.15, 0.2) is 6.29 Å². The second-order valence-electron chi connectivity index (χ2n) is 4.24. The van der Waals surface area contributed by atoms with E-state index >= 15 is 0 Å². The van der Waals surface area contributed by atoms with Crippen molar-refractivity contribution in [1.29, 1.82) is 0 Å². The fraction of sp³-hybridized carbons (Fsp3) is 0.267. The molecule has 2 rings (SSSR count).